The largest absolute Gasteiger partial charge is 0.416 e. The molecule has 1 aromatic heterocycles. The number of nitrogens with one attached hydrogen (secondary N) is 2. The highest BCUT2D eigenvalue weighted by atomic mass is 19.4. The molecule has 0 radical (unpaired) electrons. The van der Waals surface area contributed by atoms with Gasteiger partial charge in [0.15, 0.2) is 0 Å². The third-order valence-corrected chi connectivity index (χ3v) is 6.22. The number of rotatable bonds is 9. The minimum atomic E-state index is -4.42. The first kappa shape index (κ1) is 24.6. The van der Waals surface area contributed by atoms with Crippen LogP contribution >= 0.6 is 0 Å². The van der Waals surface area contributed by atoms with Gasteiger partial charge in [-0.15, -0.1) is 0 Å². The highest BCUT2D eigenvalue weighted by Gasteiger charge is 2.35. The van der Waals surface area contributed by atoms with Crippen molar-refractivity contribution >= 4 is 22.8 Å². The van der Waals surface area contributed by atoms with Gasteiger partial charge in [0.25, 0.3) is 0 Å². The molecule has 0 unspecified atom stereocenters. The molecule has 186 valence electrons. The number of aromatic amines is 1. The average Bonchev–Trinajstić information content (AvgIpc) is 3.59. The zero-order valence-corrected chi connectivity index (χ0v) is 19.6. The highest BCUT2D eigenvalue weighted by Crippen LogP contribution is 2.30. The van der Waals surface area contributed by atoms with E-state index < -0.39 is 11.7 Å². The predicted octanol–water partition coefficient (Wildman–Crippen LogP) is 4.95. The molecule has 2 aromatic carbocycles. The zero-order valence-electron chi connectivity index (χ0n) is 19.6. The number of H-pyrrole nitrogens is 1. The summed E-state index contributed by atoms with van der Waals surface area (Å²) in [6.07, 6.45) is -0.213. The second-order valence-corrected chi connectivity index (χ2v) is 8.81. The molecular weight excluding hydrogens is 457 g/mol. The zero-order chi connectivity index (χ0) is 25.0. The molecule has 1 saturated carbocycles. The molecule has 0 saturated heterocycles. The van der Waals surface area contributed by atoms with Crippen molar-refractivity contribution in [2.75, 3.05) is 19.6 Å². The maximum Gasteiger partial charge on any atom is 0.416 e. The number of halogens is 3. The van der Waals surface area contributed by atoms with E-state index in [9.17, 15) is 22.8 Å². The number of para-hydroxylation sites is 1. The molecule has 0 bridgehead atoms. The predicted molar refractivity (Wildman–Crippen MR) is 128 cm³/mol. The standard InChI is InChI=1S/C26H29F3N4O2/c1-2-30-25(35)33(21-11-12-21)17-24(34)32(16-18-7-9-20(10-8-18)26(27,28)29)14-13-19-15-31-23-6-4-3-5-22(19)23/h3-10,15,21,31H,2,11-14,16-17H2,1H3,(H,30,35). The van der Waals surface area contributed by atoms with Crippen molar-refractivity contribution in [1.29, 1.82) is 0 Å². The average molecular weight is 487 g/mol. The van der Waals surface area contributed by atoms with Gasteiger partial charge in [-0.25, -0.2) is 4.79 Å². The third-order valence-electron chi connectivity index (χ3n) is 6.22. The van der Waals surface area contributed by atoms with Crippen LogP contribution < -0.4 is 5.32 Å². The van der Waals surface area contributed by atoms with Gasteiger partial charge < -0.3 is 20.1 Å². The molecule has 0 atom stereocenters. The fourth-order valence-corrected chi connectivity index (χ4v) is 4.16. The van der Waals surface area contributed by atoms with E-state index in [1.54, 1.807) is 9.80 Å². The number of urea groups is 1. The molecule has 1 aliphatic rings. The van der Waals surface area contributed by atoms with Gasteiger partial charge in [-0.05, 0) is 55.5 Å². The number of aromatic nitrogens is 1. The van der Waals surface area contributed by atoms with E-state index in [1.807, 2.05) is 37.4 Å². The van der Waals surface area contributed by atoms with Gasteiger partial charge in [0.1, 0.15) is 6.54 Å². The molecule has 0 spiro atoms. The monoisotopic (exact) mass is 486 g/mol. The lowest BCUT2D eigenvalue weighted by Crippen LogP contribution is -2.48. The normalized spacial score (nSPS) is 13.6. The Morgan fingerprint density at radius 3 is 2.46 bits per heavy atom. The summed E-state index contributed by atoms with van der Waals surface area (Å²) in [7, 11) is 0. The number of amides is 3. The lowest BCUT2D eigenvalue weighted by atomic mass is 10.1. The first-order valence-corrected chi connectivity index (χ1v) is 11.8. The smallest absolute Gasteiger partial charge is 0.361 e. The summed E-state index contributed by atoms with van der Waals surface area (Å²) >= 11 is 0. The Balaban J connectivity index is 1.52. The lowest BCUT2D eigenvalue weighted by molar-refractivity contribution is -0.137. The van der Waals surface area contributed by atoms with Crippen LogP contribution in [0.5, 0.6) is 0 Å². The third kappa shape index (κ3) is 6.15. The summed E-state index contributed by atoms with van der Waals surface area (Å²) in [6, 6.07) is 12.5. The van der Waals surface area contributed by atoms with Crippen LogP contribution in [0, 0.1) is 0 Å². The van der Waals surface area contributed by atoms with Gasteiger partial charge in [-0.2, -0.15) is 13.2 Å². The fraction of sp³-hybridized carbons (Fsp3) is 0.385. The Hall–Kier alpha value is -3.49. The van der Waals surface area contributed by atoms with Crippen LogP contribution in [0.25, 0.3) is 10.9 Å². The van der Waals surface area contributed by atoms with Crippen LogP contribution in [0.1, 0.15) is 36.5 Å². The number of carbonyl (C=O) groups excluding carboxylic acids is 2. The molecule has 2 N–H and O–H groups in total. The molecule has 0 aliphatic heterocycles. The van der Waals surface area contributed by atoms with Gasteiger partial charge in [0.05, 0.1) is 5.56 Å². The first-order valence-electron chi connectivity index (χ1n) is 11.8. The highest BCUT2D eigenvalue weighted by molar-refractivity contribution is 5.85. The minimum Gasteiger partial charge on any atom is -0.361 e. The van der Waals surface area contributed by atoms with E-state index >= 15 is 0 Å². The van der Waals surface area contributed by atoms with Crippen molar-refractivity contribution in [2.45, 2.75) is 44.9 Å². The molecule has 1 fully saturated rings. The summed E-state index contributed by atoms with van der Waals surface area (Å²) < 4.78 is 38.9. The van der Waals surface area contributed by atoms with Gasteiger partial charge in [-0.1, -0.05) is 30.3 Å². The van der Waals surface area contributed by atoms with Crippen molar-refractivity contribution in [3.63, 3.8) is 0 Å². The molecule has 9 heteroatoms. The van der Waals surface area contributed by atoms with Crippen molar-refractivity contribution in [3.8, 4) is 0 Å². The number of benzene rings is 2. The molecule has 3 aromatic rings. The number of hydrogen-bond acceptors (Lipinski definition) is 2. The quantitative estimate of drug-likeness (QED) is 0.449. The summed E-state index contributed by atoms with van der Waals surface area (Å²) in [6.45, 7) is 2.75. The van der Waals surface area contributed by atoms with Crippen LogP contribution in [0.2, 0.25) is 0 Å². The molecule has 35 heavy (non-hydrogen) atoms. The van der Waals surface area contributed by atoms with Gasteiger partial charge >= 0.3 is 12.2 Å². The van der Waals surface area contributed by atoms with Crippen molar-refractivity contribution in [2.24, 2.45) is 0 Å². The van der Waals surface area contributed by atoms with E-state index in [4.69, 9.17) is 0 Å². The van der Waals surface area contributed by atoms with Crippen LogP contribution in [-0.4, -0.2) is 52.4 Å². The molecular formula is C26H29F3N4O2. The number of fused-ring (bicyclic) bond motifs is 1. The summed E-state index contributed by atoms with van der Waals surface area (Å²) in [5.41, 5.74) is 1.92. The van der Waals surface area contributed by atoms with E-state index in [0.717, 1.165) is 41.4 Å². The Kier molecular flexibility index (Phi) is 7.33. The maximum absolute atomic E-state index is 13.4. The maximum atomic E-state index is 13.4. The topological polar surface area (TPSA) is 68.4 Å². The molecule has 4 rings (SSSR count). The summed E-state index contributed by atoms with van der Waals surface area (Å²) in [4.78, 5) is 32.3. The molecule has 3 amide bonds. The van der Waals surface area contributed by atoms with Crippen LogP contribution in [0.3, 0.4) is 0 Å². The van der Waals surface area contributed by atoms with Crippen LogP contribution in [0.4, 0.5) is 18.0 Å². The Morgan fingerprint density at radius 2 is 1.80 bits per heavy atom. The second-order valence-electron chi connectivity index (χ2n) is 8.81. The number of nitrogens with zero attached hydrogens (tertiary/aromatic N) is 2. The van der Waals surface area contributed by atoms with Gasteiger partial charge in [0.2, 0.25) is 5.91 Å². The van der Waals surface area contributed by atoms with E-state index in [0.29, 0.717) is 25.1 Å². The minimum absolute atomic E-state index is 0.0482. The van der Waals surface area contributed by atoms with E-state index in [2.05, 4.69) is 10.3 Å². The van der Waals surface area contributed by atoms with E-state index in [1.165, 1.54) is 12.1 Å². The van der Waals surface area contributed by atoms with E-state index in [-0.39, 0.29) is 31.1 Å². The Bertz CT molecular complexity index is 1170. The van der Waals surface area contributed by atoms with Crippen molar-refractivity contribution in [1.82, 2.24) is 20.1 Å². The SMILES string of the molecule is CCNC(=O)N(CC(=O)N(CCc1c[nH]c2ccccc12)Cc1ccc(C(F)(F)F)cc1)C1CC1. The van der Waals surface area contributed by atoms with Gasteiger partial charge in [0, 0.05) is 42.8 Å². The summed E-state index contributed by atoms with van der Waals surface area (Å²) in [5.74, 6) is -0.233. The lowest BCUT2D eigenvalue weighted by Gasteiger charge is -2.28. The van der Waals surface area contributed by atoms with Crippen molar-refractivity contribution in [3.05, 3.63) is 71.4 Å². The second kappa shape index (κ2) is 10.4. The Morgan fingerprint density at radius 1 is 1.09 bits per heavy atom. The van der Waals surface area contributed by atoms with Crippen LogP contribution in [-0.2, 0) is 23.9 Å². The molecule has 1 heterocycles. The fourth-order valence-electron chi connectivity index (χ4n) is 4.16. The number of hydrogen-bond donors (Lipinski definition) is 2. The molecule has 6 nitrogen and oxygen atoms in total. The molecule has 1 aliphatic carbocycles. The number of alkyl halides is 3. The number of carbonyl (C=O) groups is 2. The Labute approximate surface area is 202 Å². The summed E-state index contributed by atoms with van der Waals surface area (Å²) in [5, 5.41) is 3.83. The van der Waals surface area contributed by atoms with Crippen molar-refractivity contribution < 1.29 is 22.8 Å². The van der Waals surface area contributed by atoms with Crippen LogP contribution in [0.15, 0.2) is 54.7 Å². The first-order chi connectivity index (χ1) is 16.8. The van der Waals surface area contributed by atoms with Gasteiger partial charge in [-0.3, -0.25) is 4.79 Å².